The number of aliphatic hydroxyl groups is 2. The summed E-state index contributed by atoms with van der Waals surface area (Å²) < 4.78 is 0. The summed E-state index contributed by atoms with van der Waals surface area (Å²) in [6, 6.07) is -0.539. The smallest absolute Gasteiger partial charge is 0.220 e. The number of nitrogens with one attached hydrogen (secondary N) is 1. The second-order valence-electron chi connectivity index (χ2n) is 16.9. The molecule has 0 aliphatic rings. The summed E-state index contributed by atoms with van der Waals surface area (Å²) in [4.78, 5) is 12.4. The molecule has 0 aromatic heterocycles. The maximum absolute atomic E-state index is 12.4. The Bertz CT molecular complexity index is 1180. The standard InChI is InChI=1S/C57H97NO3/c1-3-5-7-9-11-13-14-15-16-17-18-19-20-21-22-23-24-25-26-27-28-29-30-31-32-33-34-35-36-37-38-39-40-41-42-43-44-45-47-49-51-53-57(61)58-55(54-59)56(60)52-50-48-46-12-10-8-6-4-2/h5,7,11,13,15-16,18-19,21-22,24-25,27-28,30-31,33-34,55-56,59-60H,3-4,6,8-10,12,14,17,20,23,26,29,32,35-54H2,1-2H3,(H,58,61)/b7-5-,13-11-,16-15-,19-18-,22-21-,25-24-,28-27-,31-30-,34-33-. The molecule has 61 heavy (non-hydrogen) atoms. The monoisotopic (exact) mass is 844 g/mol. The maximum Gasteiger partial charge on any atom is 0.220 e. The van der Waals surface area contributed by atoms with Gasteiger partial charge < -0.3 is 15.5 Å². The van der Waals surface area contributed by atoms with E-state index < -0.39 is 12.1 Å². The Morgan fingerprint density at radius 1 is 0.410 bits per heavy atom. The zero-order chi connectivity index (χ0) is 44.2. The van der Waals surface area contributed by atoms with Crippen LogP contribution in [0.2, 0.25) is 0 Å². The molecule has 0 rings (SSSR count). The van der Waals surface area contributed by atoms with E-state index in [4.69, 9.17) is 0 Å². The van der Waals surface area contributed by atoms with Crippen LogP contribution in [0.15, 0.2) is 109 Å². The Balaban J connectivity index is 3.53. The molecule has 3 N–H and O–H groups in total. The van der Waals surface area contributed by atoms with E-state index >= 15 is 0 Å². The van der Waals surface area contributed by atoms with Crippen LogP contribution in [-0.2, 0) is 4.79 Å². The molecular weight excluding hydrogens is 747 g/mol. The van der Waals surface area contributed by atoms with Crippen molar-refractivity contribution >= 4 is 5.91 Å². The van der Waals surface area contributed by atoms with Crippen molar-refractivity contribution in [2.75, 3.05) is 6.61 Å². The van der Waals surface area contributed by atoms with E-state index in [1.165, 1.54) is 116 Å². The lowest BCUT2D eigenvalue weighted by Gasteiger charge is -2.22. The highest BCUT2D eigenvalue weighted by Gasteiger charge is 2.20. The number of carbonyl (C=O) groups excluding carboxylic acids is 1. The molecule has 1 amide bonds. The number of carbonyl (C=O) groups is 1. The fraction of sp³-hybridized carbons (Fsp3) is 0.667. The molecule has 2 unspecified atom stereocenters. The van der Waals surface area contributed by atoms with Crippen molar-refractivity contribution in [2.24, 2.45) is 0 Å². The third-order valence-corrected chi connectivity index (χ3v) is 11.0. The molecule has 2 atom stereocenters. The van der Waals surface area contributed by atoms with E-state index in [1.807, 2.05) is 0 Å². The fourth-order valence-corrected chi connectivity index (χ4v) is 7.18. The van der Waals surface area contributed by atoms with Gasteiger partial charge in [0.1, 0.15) is 0 Å². The van der Waals surface area contributed by atoms with Crippen LogP contribution in [0.25, 0.3) is 0 Å². The van der Waals surface area contributed by atoms with E-state index in [0.717, 1.165) is 83.5 Å². The summed E-state index contributed by atoms with van der Waals surface area (Å²) in [6.07, 6.45) is 77.8. The third-order valence-electron chi connectivity index (χ3n) is 11.0. The molecule has 0 saturated carbocycles. The Morgan fingerprint density at radius 2 is 0.721 bits per heavy atom. The van der Waals surface area contributed by atoms with Gasteiger partial charge in [0.05, 0.1) is 18.8 Å². The van der Waals surface area contributed by atoms with E-state index in [1.54, 1.807) is 0 Å². The zero-order valence-corrected chi connectivity index (χ0v) is 39.9. The van der Waals surface area contributed by atoms with Crippen molar-refractivity contribution in [3.8, 4) is 0 Å². The van der Waals surface area contributed by atoms with Crippen molar-refractivity contribution in [1.29, 1.82) is 0 Å². The lowest BCUT2D eigenvalue weighted by molar-refractivity contribution is -0.123. The molecule has 0 bridgehead atoms. The Labute approximate surface area is 378 Å². The van der Waals surface area contributed by atoms with Gasteiger partial charge in [-0.15, -0.1) is 0 Å². The van der Waals surface area contributed by atoms with E-state index in [9.17, 15) is 15.0 Å². The summed E-state index contributed by atoms with van der Waals surface area (Å²) in [5.74, 6) is -0.0401. The van der Waals surface area contributed by atoms with Gasteiger partial charge in [0.2, 0.25) is 5.91 Å². The van der Waals surface area contributed by atoms with Gasteiger partial charge in [-0.25, -0.2) is 0 Å². The largest absolute Gasteiger partial charge is 0.394 e. The van der Waals surface area contributed by atoms with Gasteiger partial charge in [-0.2, -0.15) is 0 Å². The maximum atomic E-state index is 12.4. The first-order valence-corrected chi connectivity index (χ1v) is 25.6. The minimum Gasteiger partial charge on any atom is -0.394 e. The summed E-state index contributed by atoms with van der Waals surface area (Å²) in [7, 11) is 0. The highest BCUT2D eigenvalue weighted by molar-refractivity contribution is 5.76. The number of hydrogen-bond donors (Lipinski definition) is 3. The molecule has 0 aromatic rings. The Kier molecular flexibility index (Phi) is 48.9. The van der Waals surface area contributed by atoms with Gasteiger partial charge in [-0.1, -0.05) is 245 Å². The Morgan fingerprint density at radius 3 is 1.08 bits per heavy atom. The Hall–Kier alpha value is -2.95. The van der Waals surface area contributed by atoms with Gasteiger partial charge in [-0.3, -0.25) is 4.79 Å². The first-order chi connectivity index (χ1) is 30.2. The predicted molar refractivity (Wildman–Crippen MR) is 271 cm³/mol. The van der Waals surface area contributed by atoms with Crippen LogP contribution < -0.4 is 5.32 Å². The van der Waals surface area contributed by atoms with Gasteiger partial charge in [0, 0.05) is 6.42 Å². The van der Waals surface area contributed by atoms with Crippen LogP contribution in [0.1, 0.15) is 226 Å². The SMILES string of the molecule is CC/C=C\C/C=C\C/C=C\C/C=C\C/C=C\C/C=C\C/C=C\C/C=C\C/C=C\CCCCCCCCCCCCCCCC(=O)NC(CO)C(O)CCCCCCCCCC. The molecule has 348 valence electrons. The van der Waals surface area contributed by atoms with E-state index in [2.05, 4.69) is 129 Å². The average Bonchev–Trinajstić information content (AvgIpc) is 3.26. The molecule has 0 saturated heterocycles. The van der Waals surface area contributed by atoms with Crippen LogP contribution in [-0.4, -0.2) is 34.9 Å². The van der Waals surface area contributed by atoms with Crippen LogP contribution >= 0.6 is 0 Å². The molecule has 0 aliphatic heterocycles. The second-order valence-corrected chi connectivity index (χ2v) is 16.9. The normalized spacial score (nSPS) is 13.8. The molecule has 0 spiro atoms. The van der Waals surface area contributed by atoms with Gasteiger partial charge in [0.15, 0.2) is 0 Å². The van der Waals surface area contributed by atoms with Crippen molar-refractivity contribution in [2.45, 2.75) is 238 Å². The number of rotatable bonds is 45. The number of aliphatic hydroxyl groups excluding tert-OH is 2. The lowest BCUT2D eigenvalue weighted by Crippen LogP contribution is -2.45. The highest BCUT2D eigenvalue weighted by atomic mass is 16.3. The van der Waals surface area contributed by atoms with E-state index in [0.29, 0.717) is 12.8 Å². The lowest BCUT2D eigenvalue weighted by atomic mass is 10.0. The molecule has 4 heteroatoms. The van der Waals surface area contributed by atoms with Crippen molar-refractivity contribution in [1.82, 2.24) is 5.32 Å². The quantitative estimate of drug-likeness (QED) is 0.0422. The highest BCUT2D eigenvalue weighted by Crippen LogP contribution is 2.15. The summed E-state index contributed by atoms with van der Waals surface area (Å²) in [5, 5.41) is 23.0. The first-order valence-electron chi connectivity index (χ1n) is 25.6. The molecule has 0 aliphatic carbocycles. The molecule has 0 aromatic carbocycles. The number of unbranched alkanes of at least 4 members (excludes halogenated alkanes) is 20. The molecular formula is C57H97NO3. The molecule has 4 nitrogen and oxygen atoms in total. The molecule has 0 fully saturated rings. The van der Waals surface area contributed by atoms with Crippen molar-refractivity contribution in [3.05, 3.63) is 109 Å². The summed E-state index contributed by atoms with van der Waals surface area (Å²) in [5.41, 5.74) is 0. The summed E-state index contributed by atoms with van der Waals surface area (Å²) in [6.45, 7) is 4.20. The molecule has 0 radical (unpaired) electrons. The minimum absolute atomic E-state index is 0.0401. The minimum atomic E-state index is -0.662. The third kappa shape index (κ3) is 47.9. The average molecular weight is 844 g/mol. The first kappa shape index (κ1) is 58.0. The number of hydrogen-bond acceptors (Lipinski definition) is 3. The van der Waals surface area contributed by atoms with Gasteiger partial charge >= 0.3 is 0 Å². The fourth-order valence-electron chi connectivity index (χ4n) is 7.18. The van der Waals surface area contributed by atoms with E-state index in [-0.39, 0.29) is 12.5 Å². The van der Waals surface area contributed by atoms with Crippen molar-refractivity contribution in [3.63, 3.8) is 0 Å². The van der Waals surface area contributed by atoms with Crippen LogP contribution in [0.5, 0.6) is 0 Å². The van der Waals surface area contributed by atoms with Crippen LogP contribution in [0.4, 0.5) is 0 Å². The number of amides is 1. The number of allylic oxidation sites excluding steroid dienone is 18. The molecule has 0 heterocycles. The topological polar surface area (TPSA) is 69.6 Å². The summed E-state index contributed by atoms with van der Waals surface area (Å²) >= 11 is 0. The van der Waals surface area contributed by atoms with Crippen LogP contribution in [0.3, 0.4) is 0 Å². The van der Waals surface area contributed by atoms with Crippen molar-refractivity contribution < 1.29 is 15.0 Å². The zero-order valence-electron chi connectivity index (χ0n) is 39.9. The second kappa shape index (κ2) is 51.4. The van der Waals surface area contributed by atoms with Gasteiger partial charge in [-0.05, 0) is 83.5 Å². The predicted octanol–water partition coefficient (Wildman–Crippen LogP) is 16.7. The van der Waals surface area contributed by atoms with Gasteiger partial charge in [0.25, 0.3) is 0 Å². The van der Waals surface area contributed by atoms with Crippen LogP contribution in [0, 0.1) is 0 Å².